The highest BCUT2D eigenvalue weighted by Crippen LogP contribution is 2.21. The molecule has 1 aromatic heterocycles. The van der Waals surface area contributed by atoms with Crippen molar-refractivity contribution in [3.05, 3.63) is 27.9 Å². The number of H-pyrrole nitrogens is 1. The first-order valence-corrected chi connectivity index (χ1v) is 6.26. The summed E-state index contributed by atoms with van der Waals surface area (Å²) in [6.45, 7) is 2.25. The monoisotopic (exact) mass is 268 g/mol. The number of halogens is 1. The molecule has 0 aliphatic carbocycles. The summed E-state index contributed by atoms with van der Waals surface area (Å²) >= 11 is 0. The summed E-state index contributed by atoms with van der Waals surface area (Å²) in [6, 6.07) is 0.794. The van der Waals surface area contributed by atoms with Gasteiger partial charge in [-0.3, -0.25) is 14.5 Å². The Bertz CT molecular complexity index is 531. The quantitative estimate of drug-likeness (QED) is 0.786. The largest absolute Gasteiger partial charge is 0.368 e. The van der Waals surface area contributed by atoms with Gasteiger partial charge >= 0.3 is 0 Å². The normalized spacial score (nSPS) is 23.7. The Kier molecular flexibility index (Phi) is 3.94. The second kappa shape index (κ2) is 5.48. The zero-order valence-electron chi connectivity index (χ0n) is 10.7. The van der Waals surface area contributed by atoms with E-state index in [1.165, 1.54) is 6.07 Å². The predicted molar refractivity (Wildman–Crippen MR) is 67.1 cm³/mol. The van der Waals surface area contributed by atoms with Gasteiger partial charge in [0.05, 0.1) is 12.6 Å². The van der Waals surface area contributed by atoms with Crippen LogP contribution in [-0.4, -0.2) is 39.5 Å². The second-order valence-electron chi connectivity index (χ2n) is 4.72. The summed E-state index contributed by atoms with van der Waals surface area (Å²) in [5.74, 6) is -0.112. The third-order valence-electron chi connectivity index (χ3n) is 3.24. The number of aromatic amines is 1. The van der Waals surface area contributed by atoms with E-state index in [0.717, 1.165) is 0 Å². The van der Waals surface area contributed by atoms with Gasteiger partial charge < -0.3 is 10.7 Å². The predicted octanol–water partition coefficient (Wildman–Crippen LogP) is -0.270. The van der Waals surface area contributed by atoms with Crippen molar-refractivity contribution in [2.24, 2.45) is 5.73 Å². The van der Waals surface area contributed by atoms with Crippen molar-refractivity contribution in [2.75, 3.05) is 6.54 Å². The van der Waals surface area contributed by atoms with Crippen LogP contribution in [0, 0.1) is 0 Å². The number of hydrogen-bond donors (Lipinski definition) is 2. The van der Waals surface area contributed by atoms with Crippen molar-refractivity contribution in [3.8, 4) is 0 Å². The molecule has 1 amide bonds. The summed E-state index contributed by atoms with van der Waals surface area (Å²) in [7, 11) is 0. The van der Waals surface area contributed by atoms with E-state index in [1.807, 2.05) is 6.92 Å². The van der Waals surface area contributed by atoms with E-state index < -0.39 is 18.1 Å². The number of likely N-dealkylation sites (tertiary alicyclic amines) is 1. The summed E-state index contributed by atoms with van der Waals surface area (Å²) in [6.07, 6.45) is -0.326. The maximum atomic E-state index is 13.4. The summed E-state index contributed by atoms with van der Waals surface area (Å²) in [5.41, 5.74) is 5.68. The summed E-state index contributed by atoms with van der Waals surface area (Å²) in [4.78, 5) is 31.2. The second-order valence-corrected chi connectivity index (χ2v) is 4.72. The van der Waals surface area contributed by atoms with E-state index in [2.05, 4.69) is 9.97 Å². The molecule has 1 aliphatic rings. The van der Waals surface area contributed by atoms with Crippen LogP contribution in [0.3, 0.4) is 0 Å². The molecule has 2 rings (SSSR count). The Labute approximate surface area is 109 Å². The Morgan fingerprint density at radius 2 is 2.42 bits per heavy atom. The van der Waals surface area contributed by atoms with Crippen LogP contribution >= 0.6 is 0 Å². The van der Waals surface area contributed by atoms with E-state index in [0.29, 0.717) is 17.9 Å². The van der Waals surface area contributed by atoms with Gasteiger partial charge in [-0.25, -0.2) is 9.37 Å². The molecule has 1 aliphatic heterocycles. The van der Waals surface area contributed by atoms with Gasteiger partial charge in [-0.05, 0) is 6.42 Å². The molecule has 0 spiro atoms. The Morgan fingerprint density at radius 1 is 1.68 bits per heavy atom. The van der Waals surface area contributed by atoms with Crippen LogP contribution in [0.4, 0.5) is 4.39 Å². The molecule has 7 heteroatoms. The number of amides is 1. The van der Waals surface area contributed by atoms with Crippen LogP contribution in [0.2, 0.25) is 0 Å². The van der Waals surface area contributed by atoms with Crippen molar-refractivity contribution >= 4 is 5.91 Å². The van der Waals surface area contributed by atoms with Crippen LogP contribution in [0.15, 0.2) is 10.9 Å². The molecule has 6 nitrogen and oxygen atoms in total. The van der Waals surface area contributed by atoms with Crippen molar-refractivity contribution in [2.45, 2.75) is 38.5 Å². The fourth-order valence-corrected chi connectivity index (χ4v) is 2.33. The SMILES string of the molecule is CCc1cc(=O)[nH]c(CN2C[C@H](F)C[C@H]2C(N)=O)n1. The third-order valence-corrected chi connectivity index (χ3v) is 3.24. The lowest BCUT2D eigenvalue weighted by Gasteiger charge is -2.20. The molecular formula is C12H17FN4O2. The standard InChI is InChI=1S/C12H17FN4O2/c1-2-8-4-11(18)16-10(15-8)6-17-5-7(13)3-9(17)12(14)19/h4,7,9H,2-3,5-6H2,1H3,(H2,14,19)(H,15,16,18)/t7-,9+/m1/s1. The summed E-state index contributed by atoms with van der Waals surface area (Å²) < 4.78 is 13.4. The molecule has 0 radical (unpaired) electrons. The van der Waals surface area contributed by atoms with Crippen LogP contribution < -0.4 is 11.3 Å². The van der Waals surface area contributed by atoms with Crippen molar-refractivity contribution in [1.82, 2.24) is 14.9 Å². The van der Waals surface area contributed by atoms with Crippen molar-refractivity contribution < 1.29 is 9.18 Å². The number of nitrogens with one attached hydrogen (secondary N) is 1. The lowest BCUT2D eigenvalue weighted by Crippen LogP contribution is -2.40. The number of aromatic nitrogens is 2. The zero-order valence-corrected chi connectivity index (χ0v) is 10.7. The average Bonchev–Trinajstić information content (AvgIpc) is 2.69. The number of alkyl halides is 1. The van der Waals surface area contributed by atoms with Crippen molar-refractivity contribution in [3.63, 3.8) is 0 Å². The molecule has 2 atom stereocenters. The molecular weight excluding hydrogens is 251 g/mol. The molecule has 3 N–H and O–H groups in total. The molecule has 1 aromatic rings. The average molecular weight is 268 g/mol. The maximum Gasteiger partial charge on any atom is 0.251 e. The minimum atomic E-state index is -1.07. The molecule has 19 heavy (non-hydrogen) atoms. The van der Waals surface area contributed by atoms with E-state index in [1.54, 1.807) is 4.90 Å². The smallest absolute Gasteiger partial charge is 0.251 e. The number of rotatable bonds is 4. The number of hydrogen-bond acceptors (Lipinski definition) is 4. The molecule has 0 bridgehead atoms. The molecule has 0 unspecified atom stereocenters. The minimum absolute atomic E-state index is 0.104. The Hall–Kier alpha value is -1.76. The van der Waals surface area contributed by atoms with Gasteiger partial charge in [-0.2, -0.15) is 0 Å². The number of carbonyl (C=O) groups is 1. The Balaban J connectivity index is 2.18. The highest BCUT2D eigenvalue weighted by molar-refractivity contribution is 5.80. The highest BCUT2D eigenvalue weighted by atomic mass is 19.1. The number of carbonyl (C=O) groups excluding carboxylic acids is 1. The molecule has 2 heterocycles. The molecule has 1 fully saturated rings. The van der Waals surface area contributed by atoms with Crippen LogP contribution in [0.1, 0.15) is 24.9 Å². The van der Waals surface area contributed by atoms with Gasteiger partial charge in [-0.1, -0.05) is 6.92 Å². The lowest BCUT2D eigenvalue weighted by atomic mass is 10.2. The Morgan fingerprint density at radius 3 is 3.05 bits per heavy atom. The van der Waals surface area contributed by atoms with Gasteiger partial charge in [0.15, 0.2) is 0 Å². The maximum absolute atomic E-state index is 13.4. The van der Waals surface area contributed by atoms with Crippen LogP contribution in [0.25, 0.3) is 0 Å². The van der Waals surface area contributed by atoms with E-state index in [-0.39, 0.29) is 25.1 Å². The third kappa shape index (κ3) is 3.17. The van der Waals surface area contributed by atoms with E-state index >= 15 is 0 Å². The lowest BCUT2D eigenvalue weighted by molar-refractivity contribution is -0.122. The highest BCUT2D eigenvalue weighted by Gasteiger charge is 2.35. The molecule has 0 aromatic carbocycles. The number of nitrogens with zero attached hydrogens (tertiary/aromatic N) is 2. The first-order valence-electron chi connectivity index (χ1n) is 6.26. The minimum Gasteiger partial charge on any atom is -0.368 e. The van der Waals surface area contributed by atoms with Crippen LogP contribution in [0.5, 0.6) is 0 Å². The summed E-state index contributed by atoms with van der Waals surface area (Å²) in [5, 5.41) is 0. The first-order chi connectivity index (χ1) is 8.99. The van der Waals surface area contributed by atoms with Gasteiger partial charge in [0.2, 0.25) is 5.91 Å². The number of aryl methyl sites for hydroxylation is 1. The fraction of sp³-hybridized carbons (Fsp3) is 0.583. The van der Waals surface area contributed by atoms with E-state index in [9.17, 15) is 14.0 Å². The van der Waals surface area contributed by atoms with Gasteiger partial charge in [0, 0.05) is 24.7 Å². The van der Waals surface area contributed by atoms with Crippen LogP contribution in [-0.2, 0) is 17.8 Å². The topological polar surface area (TPSA) is 92.1 Å². The first kappa shape index (κ1) is 13.7. The van der Waals surface area contributed by atoms with Crippen molar-refractivity contribution in [1.29, 1.82) is 0 Å². The van der Waals surface area contributed by atoms with Gasteiger partial charge in [0.1, 0.15) is 12.0 Å². The zero-order chi connectivity index (χ0) is 14.0. The number of primary amides is 1. The fourth-order valence-electron chi connectivity index (χ4n) is 2.33. The molecule has 0 saturated carbocycles. The van der Waals surface area contributed by atoms with Gasteiger partial charge in [0.25, 0.3) is 5.56 Å². The molecule has 104 valence electrons. The van der Waals surface area contributed by atoms with Gasteiger partial charge in [-0.15, -0.1) is 0 Å². The number of nitrogens with two attached hydrogens (primary N) is 1. The molecule has 1 saturated heterocycles. The van der Waals surface area contributed by atoms with E-state index in [4.69, 9.17) is 5.73 Å².